The number of benzene rings is 1. The van der Waals surface area contributed by atoms with Crippen molar-refractivity contribution in [2.75, 3.05) is 0 Å². The second kappa shape index (κ2) is 6.02. The van der Waals surface area contributed by atoms with Gasteiger partial charge in [-0.3, -0.25) is 13.6 Å². The highest BCUT2D eigenvalue weighted by molar-refractivity contribution is 7.62. The summed E-state index contributed by atoms with van der Waals surface area (Å²) in [6.45, 7) is 7.47. The van der Waals surface area contributed by atoms with Crippen molar-refractivity contribution in [1.29, 1.82) is 0 Å². The Labute approximate surface area is 140 Å². The van der Waals surface area contributed by atoms with E-state index in [1.54, 1.807) is 11.3 Å². The number of para-hydroxylation sites is 2. The number of thiazole rings is 1. The summed E-state index contributed by atoms with van der Waals surface area (Å²) in [6, 6.07) is 8.05. The van der Waals surface area contributed by atoms with Crippen molar-refractivity contribution in [1.82, 2.24) is 4.40 Å². The van der Waals surface area contributed by atoms with Crippen LogP contribution in [0.2, 0.25) is 0 Å². The van der Waals surface area contributed by atoms with Gasteiger partial charge in [-0.25, -0.2) is 4.57 Å². The lowest BCUT2D eigenvalue weighted by molar-refractivity contribution is -0.616. The Morgan fingerprint density at radius 1 is 1.13 bits per heavy atom. The van der Waals surface area contributed by atoms with E-state index in [4.69, 9.17) is 9.05 Å². The van der Waals surface area contributed by atoms with Gasteiger partial charge in [-0.2, -0.15) is 4.40 Å². The maximum atomic E-state index is 13.5. The van der Waals surface area contributed by atoms with Crippen molar-refractivity contribution in [2.45, 2.75) is 39.9 Å². The lowest BCUT2D eigenvalue weighted by Gasteiger charge is -2.20. The Bertz CT molecular complexity index is 883. The van der Waals surface area contributed by atoms with Gasteiger partial charge in [0, 0.05) is 0 Å². The second-order valence-corrected chi connectivity index (χ2v) is 8.78. The number of fused-ring (bicyclic) bond motifs is 3. The summed E-state index contributed by atoms with van der Waals surface area (Å²) in [5.41, 5.74) is 2.68. The van der Waals surface area contributed by atoms with E-state index < -0.39 is 7.60 Å². The fourth-order valence-corrected chi connectivity index (χ4v) is 6.12. The Morgan fingerprint density at radius 3 is 2.35 bits per heavy atom. The van der Waals surface area contributed by atoms with Gasteiger partial charge in [0.05, 0.1) is 24.6 Å². The number of aromatic nitrogens is 2. The van der Waals surface area contributed by atoms with E-state index in [0.717, 1.165) is 16.0 Å². The summed E-state index contributed by atoms with van der Waals surface area (Å²) in [4.78, 5) is 1.00. The van der Waals surface area contributed by atoms with Crippen molar-refractivity contribution in [3.63, 3.8) is 0 Å². The molecular formula is C16H22N2O3PS+. The Balaban J connectivity index is 2.29. The van der Waals surface area contributed by atoms with E-state index in [2.05, 4.69) is 10.6 Å². The molecule has 0 aliphatic rings. The summed E-state index contributed by atoms with van der Waals surface area (Å²) < 4.78 is 29.1. The average Bonchev–Trinajstić information content (AvgIpc) is 2.99. The van der Waals surface area contributed by atoms with Gasteiger partial charge in [0.25, 0.3) is 0 Å². The van der Waals surface area contributed by atoms with Gasteiger partial charge >= 0.3 is 12.6 Å². The van der Waals surface area contributed by atoms with E-state index >= 15 is 0 Å². The van der Waals surface area contributed by atoms with E-state index in [9.17, 15) is 4.57 Å². The van der Waals surface area contributed by atoms with Gasteiger partial charge in [0.15, 0.2) is 11.0 Å². The molecule has 5 nitrogen and oxygen atoms in total. The zero-order valence-electron chi connectivity index (χ0n) is 14.0. The number of rotatable bonds is 5. The molecule has 0 spiro atoms. The molecule has 0 N–H and O–H groups in total. The van der Waals surface area contributed by atoms with E-state index in [1.165, 1.54) is 0 Å². The molecule has 0 atom stereocenters. The summed E-state index contributed by atoms with van der Waals surface area (Å²) >= 11 is 1.54. The standard InChI is InChI=1S/C16H22N2O3PS/c1-11(2)20-22(19,21-12(3)4)15-10-23-16-17(5)13-8-6-7-9-14(13)18(15)16/h6-12H,1-5H3/q+1. The molecule has 0 unspecified atom stereocenters. The third-order valence-electron chi connectivity index (χ3n) is 3.44. The molecule has 0 bridgehead atoms. The number of nitrogens with zero attached hydrogens (tertiary/aromatic N) is 2. The van der Waals surface area contributed by atoms with Gasteiger partial charge in [0.2, 0.25) is 5.44 Å². The summed E-state index contributed by atoms with van der Waals surface area (Å²) in [7, 11) is -1.40. The third-order valence-corrected chi connectivity index (χ3v) is 6.91. The molecule has 2 aromatic heterocycles. The van der Waals surface area contributed by atoms with Crippen LogP contribution in [0.1, 0.15) is 27.7 Å². The first kappa shape index (κ1) is 16.7. The van der Waals surface area contributed by atoms with Crippen molar-refractivity contribution in [3.05, 3.63) is 29.6 Å². The van der Waals surface area contributed by atoms with Gasteiger partial charge < -0.3 is 0 Å². The maximum absolute atomic E-state index is 13.5. The fraction of sp³-hybridized carbons (Fsp3) is 0.438. The topological polar surface area (TPSA) is 43.8 Å². The van der Waals surface area contributed by atoms with E-state index in [-0.39, 0.29) is 12.2 Å². The Hall–Kier alpha value is -1.20. The van der Waals surface area contributed by atoms with Crippen LogP contribution in [0.15, 0.2) is 29.6 Å². The molecule has 0 aliphatic carbocycles. The van der Waals surface area contributed by atoms with Crippen molar-refractivity contribution < 1.29 is 18.2 Å². The summed E-state index contributed by atoms with van der Waals surface area (Å²) in [5, 5.41) is 1.88. The normalized spacial score (nSPS) is 13.0. The zero-order chi connectivity index (χ0) is 16.8. The zero-order valence-corrected chi connectivity index (χ0v) is 15.7. The van der Waals surface area contributed by atoms with Crippen molar-refractivity contribution in [3.8, 4) is 0 Å². The summed E-state index contributed by atoms with van der Waals surface area (Å²) in [6.07, 6.45) is -0.379. The molecule has 0 amide bonds. The first-order valence-corrected chi connectivity index (χ1v) is 10.1. The van der Waals surface area contributed by atoms with E-state index in [0.29, 0.717) is 5.44 Å². The van der Waals surface area contributed by atoms with Crippen molar-refractivity contribution in [2.24, 2.45) is 7.05 Å². The molecule has 0 aliphatic heterocycles. The fourth-order valence-electron chi connectivity index (χ4n) is 2.68. The SMILES string of the molecule is CC(C)OP(=O)(OC(C)C)c1csc2n1c1ccccc1[n+]2C. The molecule has 0 saturated carbocycles. The van der Waals surface area contributed by atoms with Crippen LogP contribution in [0.25, 0.3) is 16.0 Å². The highest BCUT2D eigenvalue weighted by Crippen LogP contribution is 2.50. The van der Waals surface area contributed by atoms with Crippen LogP contribution >= 0.6 is 18.9 Å². The molecule has 23 heavy (non-hydrogen) atoms. The molecular weight excluding hydrogens is 331 g/mol. The van der Waals surface area contributed by atoms with Crippen LogP contribution in [-0.2, 0) is 20.7 Å². The predicted octanol–water partition coefficient (Wildman–Crippen LogP) is 3.65. The predicted molar refractivity (Wildman–Crippen MR) is 93.6 cm³/mol. The van der Waals surface area contributed by atoms with E-state index in [1.807, 2.05) is 62.7 Å². The molecule has 3 aromatic rings. The molecule has 7 heteroatoms. The number of hydrogen-bond acceptors (Lipinski definition) is 4. The first-order valence-electron chi connectivity index (χ1n) is 7.67. The second-order valence-electron chi connectivity index (χ2n) is 6.07. The van der Waals surface area contributed by atoms with Crippen LogP contribution in [0.5, 0.6) is 0 Å². The molecule has 0 saturated heterocycles. The van der Waals surface area contributed by atoms with Crippen LogP contribution in [0.4, 0.5) is 0 Å². The molecule has 2 heterocycles. The molecule has 0 fully saturated rings. The molecule has 124 valence electrons. The number of imidazole rings is 1. The number of aryl methyl sites for hydroxylation is 1. The highest BCUT2D eigenvalue weighted by Gasteiger charge is 2.39. The Kier molecular flexibility index (Phi) is 4.36. The first-order chi connectivity index (χ1) is 10.8. The minimum Gasteiger partial charge on any atom is -0.300 e. The Morgan fingerprint density at radius 2 is 1.74 bits per heavy atom. The lowest BCUT2D eigenvalue weighted by Crippen LogP contribution is -2.26. The lowest BCUT2D eigenvalue weighted by atomic mass is 10.3. The smallest absolute Gasteiger partial charge is 0.300 e. The average molecular weight is 353 g/mol. The minimum atomic E-state index is -3.41. The minimum absolute atomic E-state index is 0.190. The van der Waals surface area contributed by atoms with Gasteiger partial charge in [-0.15, -0.1) is 0 Å². The summed E-state index contributed by atoms with van der Waals surface area (Å²) in [5.74, 6) is 0. The molecule has 1 aromatic carbocycles. The van der Waals surface area contributed by atoms with Crippen LogP contribution < -0.4 is 10.0 Å². The monoisotopic (exact) mass is 353 g/mol. The largest absolute Gasteiger partial charge is 0.402 e. The van der Waals surface area contributed by atoms with Crippen LogP contribution in [0.3, 0.4) is 0 Å². The third kappa shape index (κ3) is 2.85. The molecule has 0 radical (unpaired) electrons. The van der Waals surface area contributed by atoms with Crippen molar-refractivity contribution >= 4 is 40.4 Å². The maximum Gasteiger partial charge on any atom is 0.402 e. The number of hydrogen-bond donors (Lipinski definition) is 0. The molecule has 3 rings (SSSR count). The van der Waals surface area contributed by atoms with Gasteiger partial charge in [-0.1, -0.05) is 23.5 Å². The van der Waals surface area contributed by atoms with Crippen LogP contribution in [0, 0.1) is 0 Å². The van der Waals surface area contributed by atoms with Gasteiger partial charge in [-0.05, 0) is 39.8 Å². The van der Waals surface area contributed by atoms with Crippen LogP contribution in [-0.4, -0.2) is 16.6 Å². The quantitative estimate of drug-likeness (QED) is 0.519. The van der Waals surface area contributed by atoms with Gasteiger partial charge in [0.1, 0.15) is 0 Å². The highest BCUT2D eigenvalue weighted by atomic mass is 32.1.